The van der Waals surface area contributed by atoms with Crippen molar-refractivity contribution in [2.75, 3.05) is 6.61 Å². The van der Waals surface area contributed by atoms with Gasteiger partial charge >= 0.3 is 0 Å². The Bertz CT molecular complexity index is 134. The summed E-state index contributed by atoms with van der Waals surface area (Å²) in [6, 6.07) is 0. The number of aliphatic hydroxyl groups is 1. The van der Waals surface area contributed by atoms with Gasteiger partial charge < -0.3 is 5.11 Å². The molecule has 0 heterocycles. The summed E-state index contributed by atoms with van der Waals surface area (Å²) in [5, 5.41) is 8.67. The van der Waals surface area contributed by atoms with Gasteiger partial charge in [-0.15, -0.1) is 12.3 Å². The molecule has 0 aromatic rings. The molecule has 1 saturated carbocycles. The second-order valence-corrected chi connectivity index (χ2v) is 2.74. The van der Waals surface area contributed by atoms with E-state index in [2.05, 4.69) is 5.92 Å². The lowest BCUT2D eigenvalue weighted by Crippen LogP contribution is -2.02. The van der Waals surface area contributed by atoms with Crippen LogP contribution in [-0.2, 0) is 0 Å². The van der Waals surface area contributed by atoms with Crippen molar-refractivity contribution in [3.05, 3.63) is 0 Å². The first-order valence-electron chi connectivity index (χ1n) is 2.80. The minimum Gasteiger partial charge on any atom is -0.396 e. The van der Waals surface area contributed by atoms with Crippen LogP contribution in [0.4, 0.5) is 0 Å². The zero-order chi connectivity index (χ0) is 6.20. The predicted molar refractivity (Wildman–Crippen MR) is 32.1 cm³/mol. The molecule has 0 aliphatic heterocycles. The highest BCUT2D eigenvalue weighted by atomic mass is 16.3. The maximum atomic E-state index is 8.67. The summed E-state index contributed by atoms with van der Waals surface area (Å²) in [4.78, 5) is 0. The summed E-state index contributed by atoms with van der Waals surface area (Å²) in [5.74, 6) is 2.96. The Hall–Kier alpha value is -0.480. The minimum atomic E-state index is 0.0781. The highest BCUT2D eigenvalue weighted by molar-refractivity contribution is 5.14. The molecule has 2 atom stereocenters. The molecule has 0 radical (unpaired) electrons. The first kappa shape index (κ1) is 5.65. The van der Waals surface area contributed by atoms with E-state index in [-0.39, 0.29) is 12.0 Å². The number of hydrogen-bond donors (Lipinski definition) is 1. The number of rotatable bonds is 1. The van der Waals surface area contributed by atoms with Crippen molar-refractivity contribution in [3.63, 3.8) is 0 Å². The van der Waals surface area contributed by atoms with E-state index in [1.807, 2.05) is 6.92 Å². The number of hydrogen-bond acceptors (Lipinski definition) is 1. The van der Waals surface area contributed by atoms with Crippen LogP contribution in [0.25, 0.3) is 0 Å². The maximum absolute atomic E-state index is 8.67. The highest BCUT2D eigenvalue weighted by Gasteiger charge is 2.48. The average molecular weight is 110 g/mol. The van der Waals surface area contributed by atoms with Crippen LogP contribution in [0.15, 0.2) is 0 Å². The van der Waals surface area contributed by atoms with Crippen LogP contribution in [0.2, 0.25) is 0 Å². The molecule has 44 valence electrons. The van der Waals surface area contributed by atoms with E-state index in [1.54, 1.807) is 0 Å². The van der Waals surface area contributed by atoms with Gasteiger partial charge in [0.25, 0.3) is 0 Å². The van der Waals surface area contributed by atoms with E-state index < -0.39 is 0 Å². The summed E-state index contributed by atoms with van der Waals surface area (Å²) in [6.45, 7) is 2.25. The molecule has 1 nitrogen and oxygen atoms in total. The van der Waals surface area contributed by atoms with Gasteiger partial charge in [-0.2, -0.15) is 0 Å². The van der Waals surface area contributed by atoms with Crippen molar-refractivity contribution >= 4 is 0 Å². The van der Waals surface area contributed by atoms with E-state index in [4.69, 9.17) is 11.5 Å². The normalized spacial score (nSPS) is 43.4. The molecule has 0 bridgehead atoms. The molecule has 0 amide bonds. The van der Waals surface area contributed by atoms with Gasteiger partial charge in [-0.1, -0.05) is 6.92 Å². The van der Waals surface area contributed by atoms with Gasteiger partial charge in [-0.3, -0.25) is 0 Å². The molecule has 1 aliphatic rings. The zero-order valence-electron chi connectivity index (χ0n) is 5.02. The van der Waals surface area contributed by atoms with Gasteiger partial charge in [0.1, 0.15) is 0 Å². The van der Waals surface area contributed by atoms with Gasteiger partial charge in [0, 0.05) is 17.9 Å². The van der Waals surface area contributed by atoms with Gasteiger partial charge in [0.2, 0.25) is 0 Å². The van der Waals surface area contributed by atoms with Crippen LogP contribution in [0.1, 0.15) is 13.3 Å². The topological polar surface area (TPSA) is 20.2 Å². The molecule has 1 fully saturated rings. The smallest absolute Gasteiger partial charge is 0.0497 e. The highest BCUT2D eigenvalue weighted by Crippen LogP contribution is 2.50. The van der Waals surface area contributed by atoms with Crippen molar-refractivity contribution < 1.29 is 5.11 Å². The molecule has 1 aliphatic carbocycles. The Morgan fingerprint density at radius 2 is 2.62 bits per heavy atom. The van der Waals surface area contributed by atoms with E-state index in [0.29, 0.717) is 5.92 Å². The fourth-order valence-electron chi connectivity index (χ4n) is 0.842. The van der Waals surface area contributed by atoms with Gasteiger partial charge in [-0.05, 0) is 6.42 Å². The van der Waals surface area contributed by atoms with Crippen LogP contribution in [-0.4, -0.2) is 11.7 Å². The Morgan fingerprint density at radius 3 is 2.75 bits per heavy atom. The molecule has 1 heteroatoms. The summed E-state index contributed by atoms with van der Waals surface area (Å²) >= 11 is 0. The van der Waals surface area contributed by atoms with Crippen LogP contribution in [0.5, 0.6) is 0 Å². The molecular formula is C7H10O. The Labute approximate surface area is 49.7 Å². The fraction of sp³-hybridized carbons (Fsp3) is 0.714. The summed E-state index contributed by atoms with van der Waals surface area (Å²) < 4.78 is 0. The third-order valence-corrected chi connectivity index (χ3v) is 1.91. The average Bonchev–Trinajstić information content (AvgIpc) is 2.44. The summed E-state index contributed by atoms with van der Waals surface area (Å²) in [5.41, 5.74) is 0.0781. The van der Waals surface area contributed by atoms with Crippen molar-refractivity contribution in [2.24, 2.45) is 11.3 Å². The molecule has 0 spiro atoms. The SMILES string of the molecule is C#CC1CC1(C)CO. The number of aliphatic hydroxyl groups excluding tert-OH is 1. The molecule has 0 aromatic carbocycles. The largest absolute Gasteiger partial charge is 0.396 e. The van der Waals surface area contributed by atoms with E-state index in [9.17, 15) is 0 Å². The van der Waals surface area contributed by atoms with Crippen LogP contribution in [0, 0.1) is 23.7 Å². The monoisotopic (exact) mass is 110 g/mol. The van der Waals surface area contributed by atoms with Crippen molar-refractivity contribution in [1.29, 1.82) is 0 Å². The van der Waals surface area contributed by atoms with Gasteiger partial charge in [0.15, 0.2) is 0 Å². The molecular weight excluding hydrogens is 100 g/mol. The maximum Gasteiger partial charge on any atom is 0.0497 e. The van der Waals surface area contributed by atoms with Gasteiger partial charge in [-0.25, -0.2) is 0 Å². The van der Waals surface area contributed by atoms with Crippen molar-refractivity contribution in [3.8, 4) is 12.3 Å². The first-order chi connectivity index (χ1) is 3.73. The minimum absolute atomic E-state index is 0.0781. The molecule has 0 saturated heterocycles. The Morgan fingerprint density at radius 1 is 2.00 bits per heavy atom. The molecule has 1 rings (SSSR count). The van der Waals surface area contributed by atoms with Gasteiger partial charge in [0.05, 0.1) is 0 Å². The fourth-order valence-corrected chi connectivity index (χ4v) is 0.842. The van der Waals surface area contributed by atoms with Crippen molar-refractivity contribution in [2.45, 2.75) is 13.3 Å². The third kappa shape index (κ3) is 0.617. The number of terminal acetylenes is 1. The van der Waals surface area contributed by atoms with Crippen LogP contribution in [0.3, 0.4) is 0 Å². The summed E-state index contributed by atoms with van der Waals surface area (Å²) in [6.07, 6.45) is 6.12. The zero-order valence-corrected chi connectivity index (χ0v) is 5.02. The Kier molecular flexibility index (Phi) is 1.06. The second kappa shape index (κ2) is 1.50. The predicted octanol–water partition coefficient (Wildman–Crippen LogP) is 0.638. The molecule has 0 aromatic heterocycles. The molecule has 8 heavy (non-hydrogen) atoms. The third-order valence-electron chi connectivity index (χ3n) is 1.91. The quantitative estimate of drug-likeness (QED) is 0.491. The lowest BCUT2D eigenvalue weighted by atomic mass is 10.1. The second-order valence-electron chi connectivity index (χ2n) is 2.74. The van der Waals surface area contributed by atoms with Crippen LogP contribution >= 0.6 is 0 Å². The van der Waals surface area contributed by atoms with Crippen LogP contribution < -0.4 is 0 Å². The first-order valence-corrected chi connectivity index (χ1v) is 2.80. The Balaban J connectivity index is 2.46. The lowest BCUT2D eigenvalue weighted by Gasteiger charge is -1.99. The molecule has 1 N–H and O–H groups in total. The standard InChI is InChI=1S/C7H10O/c1-3-6-4-7(6,2)5-8/h1,6,8H,4-5H2,2H3. The lowest BCUT2D eigenvalue weighted by molar-refractivity contribution is 0.218. The van der Waals surface area contributed by atoms with E-state index in [0.717, 1.165) is 6.42 Å². The van der Waals surface area contributed by atoms with Crippen molar-refractivity contribution in [1.82, 2.24) is 0 Å². The van der Waals surface area contributed by atoms with E-state index in [1.165, 1.54) is 0 Å². The van der Waals surface area contributed by atoms with E-state index >= 15 is 0 Å². The molecule has 2 unspecified atom stereocenters. The summed E-state index contributed by atoms with van der Waals surface area (Å²) in [7, 11) is 0.